The quantitative estimate of drug-likeness (QED) is 0.730. The van der Waals surface area contributed by atoms with Crippen LogP contribution in [0, 0.1) is 0 Å². The molecule has 0 saturated carbocycles. The number of nitrogens with zero attached hydrogens (tertiary/aromatic N) is 2. The Kier molecular flexibility index (Phi) is 2.21. The number of ether oxygens (including phenoxy) is 1. The molecule has 15 heavy (non-hydrogen) atoms. The Morgan fingerprint density at radius 1 is 1.47 bits per heavy atom. The zero-order valence-corrected chi connectivity index (χ0v) is 9.28. The van der Waals surface area contributed by atoms with Gasteiger partial charge in [-0.3, -0.25) is 0 Å². The Bertz CT molecular complexity index is 366. The van der Waals surface area contributed by atoms with E-state index < -0.39 is 0 Å². The molecule has 4 atom stereocenters. The summed E-state index contributed by atoms with van der Waals surface area (Å²) in [5, 5.41) is 3.68. The smallest absolute Gasteiger partial charge is 0.232 e. The summed E-state index contributed by atoms with van der Waals surface area (Å²) in [6, 6.07) is 0. The lowest BCUT2D eigenvalue weighted by Gasteiger charge is -2.13. The van der Waals surface area contributed by atoms with E-state index in [1.165, 1.54) is 6.42 Å². The van der Waals surface area contributed by atoms with Gasteiger partial charge in [-0.1, -0.05) is 5.16 Å². The summed E-state index contributed by atoms with van der Waals surface area (Å²) in [6.07, 6.45) is 4.00. The van der Waals surface area contributed by atoms with Crippen LogP contribution in [0.3, 0.4) is 0 Å². The topological polar surface area (TPSA) is 48.2 Å². The van der Waals surface area contributed by atoms with Crippen LogP contribution in [-0.4, -0.2) is 22.3 Å². The number of aromatic nitrogens is 2. The molecule has 5 heteroatoms. The first-order valence-electron chi connectivity index (χ1n) is 5.37. The van der Waals surface area contributed by atoms with Gasteiger partial charge < -0.3 is 9.26 Å². The molecule has 2 aliphatic heterocycles. The second-order valence-electron chi connectivity index (χ2n) is 4.32. The van der Waals surface area contributed by atoms with E-state index in [4.69, 9.17) is 20.9 Å². The molecule has 3 heterocycles. The molecule has 0 aromatic carbocycles. The molecule has 0 N–H and O–H groups in total. The molecule has 0 radical (unpaired) electrons. The van der Waals surface area contributed by atoms with Gasteiger partial charge in [-0.25, -0.2) is 0 Å². The van der Waals surface area contributed by atoms with Gasteiger partial charge >= 0.3 is 0 Å². The predicted octanol–water partition coefficient (Wildman–Crippen LogP) is 2.40. The highest BCUT2D eigenvalue weighted by Crippen LogP contribution is 2.44. The third kappa shape index (κ3) is 1.56. The Balaban J connectivity index is 1.81. The first-order valence-corrected chi connectivity index (χ1v) is 5.80. The maximum absolute atomic E-state index is 5.89. The van der Waals surface area contributed by atoms with Crippen molar-refractivity contribution >= 4 is 11.6 Å². The van der Waals surface area contributed by atoms with E-state index in [2.05, 4.69) is 10.1 Å². The maximum Gasteiger partial charge on any atom is 0.232 e. The molecule has 1 aromatic heterocycles. The average Bonchev–Trinajstić information content (AvgIpc) is 2.93. The molecule has 0 amide bonds. The lowest BCUT2D eigenvalue weighted by atomic mass is 9.89. The van der Waals surface area contributed by atoms with Crippen LogP contribution in [-0.2, 0) is 4.74 Å². The van der Waals surface area contributed by atoms with Gasteiger partial charge in [0.1, 0.15) is 0 Å². The third-order valence-corrected chi connectivity index (χ3v) is 3.43. The summed E-state index contributed by atoms with van der Waals surface area (Å²) in [5.41, 5.74) is 0. The molecule has 1 aromatic rings. The van der Waals surface area contributed by atoms with Gasteiger partial charge in [0.15, 0.2) is 5.82 Å². The predicted molar refractivity (Wildman–Crippen MR) is 53.8 cm³/mol. The van der Waals surface area contributed by atoms with Crippen molar-refractivity contribution in [2.75, 3.05) is 0 Å². The molecular weight excluding hydrogens is 216 g/mol. The van der Waals surface area contributed by atoms with Gasteiger partial charge in [0.25, 0.3) is 0 Å². The molecule has 4 unspecified atom stereocenters. The first kappa shape index (κ1) is 9.60. The molecule has 2 aliphatic rings. The summed E-state index contributed by atoms with van der Waals surface area (Å²) in [4.78, 5) is 4.32. The minimum Gasteiger partial charge on any atom is -0.374 e. The standard InChI is InChI=1S/C10H13ClN2O2/c1-5(11)9-12-10(15-13-9)7-4-6-2-3-8(7)14-6/h5-8H,2-4H2,1H3. The molecule has 4 nitrogen and oxygen atoms in total. The van der Waals surface area contributed by atoms with E-state index in [9.17, 15) is 0 Å². The van der Waals surface area contributed by atoms with Crippen molar-refractivity contribution in [3.8, 4) is 0 Å². The molecule has 3 rings (SSSR count). The molecule has 2 bridgehead atoms. The summed E-state index contributed by atoms with van der Waals surface area (Å²) in [6.45, 7) is 1.84. The summed E-state index contributed by atoms with van der Waals surface area (Å²) < 4.78 is 11.0. The Labute approximate surface area is 92.9 Å². The summed E-state index contributed by atoms with van der Waals surface area (Å²) in [5.74, 6) is 1.57. The Morgan fingerprint density at radius 3 is 2.87 bits per heavy atom. The van der Waals surface area contributed by atoms with E-state index in [1.807, 2.05) is 6.92 Å². The van der Waals surface area contributed by atoms with Crippen molar-refractivity contribution in [1.29, 1.82) is 0 Å². The summed E-state index contributed by atoms with van der Waals surface area (Å²) in [7, 11) is 0. The molecule has 0 aliphatic carbocycles. The van der Waals surface area contributed by atoms with Crippen LogP contribution in [0.2, 0.25) is 0 Å². The van der Waals surface area contributed by atoms with E-state index in [0.29, 0.717) is 23.7 Å². The van der Waals surface area contributed by atoms with E-state index in [-0.39, 0.29) is 11.5 Å². The van der Waals surface area contributed by atoms with Crippen LogP contribution < -0.4 is 0 Å². The van der Waals surface area contributed by atoms with Crippen molar-refractivity contribution in [2.45, 2.75) is 49.7 Å². The zero-order chi connectivity index (χ0) is 10.4. The molecule has 0 spiro atoms. The Morgan fingerprint density at radius 2 is 2.33 bits per heavy atom. The average molecular weight is 229 g/mol. The van der Waals surface area contributed by atoms with Gasteiger partial charge in [-0.2, -0.15) is 4.98 Å². The minimum atomic E-state index is -0.193. The maximum atomic E-state index is 5.89. The molecule has 82 valence electrons. The second-order valence-corrected chi connectivity index (χ2v) is 4.98. The third-order valence-electron chi connectivity index (χ3n) is 3.24. The first-order chi connectivity index (χ1) is 7.24. The van der Waals surface area contributed by atoms with Crippen LogP contribution in [0.4, 0.5) is 0 Å². The van der Waals surface area contributed by atoms with Crippen molar-refractivity contribution in [1.82, 2.24) is 10.1 Å². The van der Waals surface area contributed by atoms with Crippen LogP contribution in [0.1, 0.15) is 49.2 Å². The monoisotopic (exact) mass is 228 g/mol. The number of alkyl halides is 1. The van der Waals surface area contributed by atoms with Crippen LogP contribution in [0.15, 0.2) is 4.52 Å². The number of halogens is 1. The number of hydrogen-bond acceptors (Lipinski definition) is 4. The minimum absolute atomic E-state index is 0.193. The SMILES string of the molecule is CC(Cl)c1noc(C2CC3CCC2O3)n1. The highest BCUT2D eigenvalue weighted by molar-refractivity contribution is 6.20. The van der Waals surface area contributed by atoms with Gasteiger partial charge in [0, 0.05) is 0 Å². The fraction of sp³-hybridized carbons (Fsp3) is 0.800. The Hall–Kier alpha value is -0.610. The normalized spacial score (nSPS) is 36.0. The summed E-state index contributed by atoms with van der Waals surface area (Å²) >= 11 is 5.89. The van der Waals surface area contributed by atoms with Crippen molar-refractivity contribution in [2.24, 2.45) is 0 Å². The van der Waals surface area contributed by atoms with E-state index in [0.717, 1.165) is 12.8 Å². The van der Waals surface area contributed by atoms with Crippen LogP contribution >= 0.6 is 11.6 Å². The highest BCUT2D eigenvalue weighted by atomic mass is 35.5. The molecular formula is C10H13ClN2O2. The van der Waals surface area contributed by atoms with Gasteiger partial charge in [0.2, 0.25) is 5.89 Å². The van der Waals surface area contributed by atoms with E-state index in [1.54, 1.807) is 0 Å². The highest BCUT2D eigenvalue weighted by Gasteiger charge is 2.44. The van der Waals surface area contributed by atoms with Gasteiger partial charge in [0.05, 0.1) is 23.5 Å². The van der Waals surface area contributed by atoms with E-state index >= 15 is 0 Å². The van der Waals surface area contributed by atoms with Crippen molar-refractivity contribution in [3.05, 3.63) is 11.7 Å². The fourth-order valence-corrected chi connectivity index (χ4v) is 2.55. The number of fused-ring (bicyclic) bond motifs is 2. The lowest BCUT2D eigenvalue weighted by molar-refractivity contribution is 0.0974. The molecule has 2 fully saturated rings. The zero-order valence-electron chi connectivity index (χ0n) is 8.52. The number of hydrogen-bond donors (Lipinski definition) is 0. The van der Waals surface area contributed by atoms with Gasteiger partial charge in [-0.05, 0) is 26.2 Å². The number of rotatable bonds is 2. The molecule has 2 saturated heterocycles. The van der Waals surface area contributed by atoms with Crippen LogP contribution in [0.25, 0.3) is 0 Å². The second kappa shape index (κ2) is 3.46. The van der Waals surface area contributed by atoms with Crippen LogP contribution in [0.5, 0.6) is 0 Å². The van der Waals surface area contributed by atoms with Crippen molar-refractivity contribution < 1.29 is 9.26 Å². The van der Waals surface area contributed by atoms with Crippen molar-refractivity contribution in [3.63, 3.8) is 0 Å². The fourth-order valence-electron chi connectivity index (χ4n) is 2.46. The largest absolute Gasteiger partial charge is 0.374 e. The lowest BCUT2D eigenvalue weighted by Crippen LogP contribution is -2.14. The van der Waals surface area contributed by atoms with Gasteiger partial charge in [-0.15, -0.1) is 11.6 Å².